The number of ether oxygens (including phenoxy) is 1. The zero-order valence-electron chi connectivity index (χ0n) is 14.0. The monoisotopic (exact) mass is 333 g/mol. The van der Waals surface area contributed by atoms with Crippen LogP contribution in [0.2, 0.25) is 0 Å². The number of hydrogen-bond acceptors (Lipinski definition) is 3. The molecule has 0 amide bonds. The van der Waals surface area contributed by atoms with E-state index in [2.05, 4.69) is 25.5 Å². The Labute approximate surface area is 138 Å². The molecule has 0 aliphatic rings. The maximum atomic E-state index is 12.4. The number of nitrogens with one attached hydrogen (secondary N) is 1. The zero-order chi connectivity index (χ0) is 17.1. The molecule has 0 unspecified atom stereocenters. The molecular weight excluding hydrogens is 310 g/mol. The van der Waals surface area contributed by atoms with Crippen LogP contribution in [0.3, 0.4) is 0 Å². The quantitative estimate of drug-likeness (QED) is 0.911. The second-order valence-corrected chi connectivity index (χ2v) is 8.22. The zero-order valence-corrected chi connectivity index (χ0v) is 14.8. The van der Waals surface area contributed by atoms with Crippen molar-refractivity contribution in [3.05, 3.63) is 59.7 Å². The lowest BCUT2D eigenvalue weighted by Crippen LogP contribution is -2.23. The first-order valence-electron chi connectivity index (χ1n) is 7.45. The van der Waals surface area contributed by atoms with E-state index in [1.165, 1.54) is 0 Å². The van der Waals surface area contributed by atoms with E-state index in [9.17, 15) is 8.42 Å². The molecule has 0 atom stereocenters. The van der Waals surface area contributed by atoms with Crippen molar-refractivity contribution in [2.75, 3.05) is 7.11 Å². The lowest BCUT2D eigenvalue weighted by molar-refractivity contribution is 0.414. The normalized spacial score (nSPS) is 12.2. The highest BCUT2D eigenvalue weighted by Crippen LogP contribution is 2.23. The van der Waals surface area contributed by atoms with Gasteiger partial charge in [0, 0.05) is 6.54 Å². The fourth-order valence-electron chi connectivity index (χ4n) is 2.18. The van der Waals surface area contributed by atoms with Crippen LogP contribution in [0.4, 0.5) is 0 Å². The molecule has 0 heterocycles. The molecule has 0 aliphatic carbocycles. The van der Waals surface area contributed by atoms with Crippen LogP contribution < -0.4 is 9.46 Å². The average molecular weight is 333 g/mol. The van der Waals surface area contributed by atoms with Gasteiger partial charge in [0.25, 0.3) is 0 Å². The first-order valence-corrected chi connectivity index (χ1v) is 8.94. The minimum Gasteiger partial charge on any atom is -0.497 e. The summed E-state index contributed by atoms with van der Waals surface area (Å²) in [6.07, 6.45) is 0. The molecule has 2 aromatic rings. The van der Waals surface area contributed by atoms with Gasteiger partial charge in [-0.3, -0.25) is 0 Å². The van der Waals surface area contributed by atoms with Crippen molar-refractivity contribution in [2.45, 2.75) is 37.6 Å². The van der Waals surface area contributed by atoms with E-state index in [4.69, 9.17) is 4.74 Å². The van der Waals surface area contributed by atoms with Gasteiger partial charge in [-0.05, 0) is 40.8 Å². The van der Waals surface area contributed by atoms with Gasteiger partial charge in [0.2, 0.25) is 10.0 Å². The fraction of sp³-hybridized carbons (Fsp3) is 0.333. The van der Waals surface area contributed by atoms with Crippen LogP contribution in [0.1, 0.15) is 31.9 Å². The van der Waals surface area contributed by atoms with Crippen LogP contribution in [0, 0.1) is 0 Å². The van der Waals surface area contributed by atoms with E-state index in [0.717, 1.165) is 11.1 Å². The summed E-state index contributed by atoms with van der Waals surface area (Å²) in [5.41, 5.74) is 1.94. The molecule has 0 bridgehead atoms. The molecule has 124 valence electrons. The minimum atomic E-state index is -3.53. The lowest BCUT2D eigenvalue weighted by atomic mass is 9.87. The summed E-state index contributed by atoms with van der Waals surface area (Å²) in [6, 6.07) is 14.3. The average Bonchev–Trinajstić information content (AvgIpc) is 2.52. The number of sulfonamides is 1. The fourth-order valence-corrected chi connectivity index (χ4v) is 3.20. The van der Waals surface area contributed by atoms with Crippen molar-refractivity contribution in [3.8, 4) is 5.75 Å². The Kier molecular flexibility index (Phi) is 5.12. The van der Waals surface area contributed by atoms with Crippen LogP contribution in [0.15, 0.2) is 53.4 Å². The second-order valence-electron chi connectivity index (χ2n) is 6.45. The van der Waals surface area contributed by atoms with Gasteiger partial charge in [0.1, 0.15) is 5.75 Å². The van der Waals surface area contributed by atoms with Crippen molar-refractivity contribution in [3.63, 3.8) is 0 Å². The first-order chi connectivity index (χ1) is 10.7. The first kappa shape index (κ1) is 17.5. The van der Waals surface area contributed by atoms with Crippen molar-refractivity contribution < 1.29 is 13.2 Å². The molecule has 0 spiro atoms. The molecule has 0 fully saturated rings. The maximum absolute atomic E-state index is 12.4. The van der Waals surface area contributed by atoms with E-state index in [0.29, 0.717) is 5.75 Å². The van der Waals surface area contributed by atoms with E-state index in [-0.39, 0.29) is 16.9 Å². The summed E-state index contributed by atoms with van der Waals surface area (Å²) < 4.78 is 32.5. The highest BCUT2D eigenvalue weighted by atomic mass is 32.2. The van der Waals surface area contributed by atoms with Crippen LogP contribution in [0.5, 0.6) is 5.75 Å². The minimum absolute atomic E-state index is 0.00366. The third-order valence-corrected chi connectivity index (χ3v) is 5.05. The Hall–Kier alpha value is -1.85. The molecule has 4 nitrogen and oxygen atoms in total. The summed E-state index contributed by atoms with van der Waals surface area (Å²) in [7, 11) is -1.95. The molecule has 1 N–H and O–H groups in total. The Balaban J connectivity index is 2.12. The predicted octanol–water partition coefficient (Wildman–Crippen LogP) is 3.47. The molecule has 0 aromatic heterocycles. The molecule has 23 heavy (non-hydrogen) atoms. The summed E-state index contributed by atoms with van der Waals surface area (Å²) in [5, 5.41) is 0. The van der Waals surface area contributed by atoms with Gasteiger partial charge in [-0.15, -0.1) is 0 Å². The van der Waals surface area contributed by atoms with Crippen molar-refractivity contribution in [1.82, 2.24) is 4.72 Å². The van der Waals surface area contributed by atoms with Gasteiger partial charge in [-0.2, -0.15) is 0 Å². The van der Waals surface area contributed by atoms with Gasteiger partial charge in [-0.25, -0.2) is 13.1 Å². The van der Waals surface area contributed by atoms with E-state index in [1.807, 2.05) is 36.4 Å². The third-order valence-electron chi connectivity index (χ3n) is 3.63. The third kappa shape index (κ3) is 4.56. The number of benzene rings is 2. The Bertz CT molecular complexity index is 760. The highest BCUT2D eigenvalue weighted by Gasteiger charge is 2.17. The van der Waals surface area contributed by atoms with Gasteiger partial charge in [-0.1, -0.05) is 45.0 Å². The molecule has 0 radical (unpaired) electrons. The van der Waals surface area contributed by atoms with E-state index < -0.39 is 10.0 Å². The van der Waals surface area contributed by atoms with Crippen molar-refractivity contribution in [1.29, 1.82) is 0 Å². The second kappa shape index (κ2) is 6.72. The SMILES string of the molecule is COc1cccc(CNS(=O)(=O)c2ccc(C(C)(C)C)cc2)c1. The number of hydrogen-bond donors (Lipinski definition) is 1. The largest absolute Gasteiger partial charge is 0.497 e. The van der Waals surface area contributed by atoms with Crippen LogP contribution in [-0.4, -0.2) is 15.5 Å². The summed E-state index contributed by atoms with van der Waals surface area (Å²) >= 11 is 0. The van der Waals surface area contributed by atoms with E-state index in [1.54, 1.807) is 19.2 Å². The maximum Gasteiger partial charge on any atom is 0.240 e. The Morgan fingerprint density at radius 1 is 1.04 bits per heavy atom. The molecular formula is C18H23NO3S. The van der Waals surface area contributed by atoms with Crippen molar-refractivity contribution in [2.24, 2.45) is 0 Å². The summed E-state index contributed by atoms with van der Waals surface area (Å²) in [6.45, 7) is 6.51. The molecule has 5 heteroatoms. The lowest BCUT2D eigenvalue weighted by Gasteiger charge is -2.19. The van der Waals surface area contributed by atoms with Gasteiger partial charge >= 0.3 is 0 Å². The van der Waals surface area contributed by atoms with E-state index >= 15 is 0 Å². The van der Waals surface area contributed by atoms with Crippen LogP contribution in [-0.2, 0) is 22.0 Å². The summed E-state index contributed by atoms with van der Waals surface area (Å²) in [5.74, 6) is 0.705. The van der Waals surface area contributed by atoms with Gasteiger partial charge in [0.05, 0.1) is 12.0 Å². The molecule has 2 aromatic carbocycles. The standard InChI is InChI=1S/C18H23NO3S/c1-18(2,3)15-8-10-17(11-9-15)23(20,21)19-13-14-6-5-7-16(12-14)22-4/h5-12,19H,13H2,1-4H3. The topological polar surface area (TPSA) is 55.4 Å². The van der Waals surface area contributed by atoms with Gasteiger partial charge in [0.15, 0.2) is 0 Å². The molecule has 2 rings (SSSR count). The molecule has 0 saturated carbocycles. The van der Waals surface area contributed by atoms with Crippen LogP contribution in [0.25, 0.3) is 0 Å². The predicted molar refractivity (Wildman–Crippen MR) is 92.2 cm³/mol. The van der Waals surface area contributed by atoms with Gasteiger partial charge < -0.3 is 4.74 Å². The number of rotatable bonds is 5. The van der Waals surface area contributed by atoms with Crippen molar-refractivity contribution >= 4 is 10.0 Å². The summed E-state index contributed by atoms with van der Waals surface area (Å²) in [4.78, 5) is 0.272. The Morgan fingerprint density at radius 2 is 1.70 bits per heavy atom. The molecule has 0 saturated heterocycles. The molecule has 0 aliphatic heterocycles. The Morgan fingerprint density at radius 3 is 2.26 bits per heavy atom. The highest BCUT2D eigenvalue weighted by molar-refractivity contribution is 7.89. The van der Waals surface area contributed by atoms with Crippen LogP contribution >= 0.6 is 0 Å². The number of methoxy groups -OCH3 is 1. The smallest absolute Gasteiger partial charge is 0.240 e.